The Kier molecular flexibility index (Phi) is 5.79. The smallest absolute Gasteiger partial charge is 0.122 e. The van der Waals surface area contributed by atoms with E-state index in [1.54, 1.807) is 7.11 Å². The van der Waals surface area contributed by atoms with Gasteiger partial charge in [0.15, 0.2) is 0 Å². The molecule has 0 aliphatic carbocycles. The van der Waals surface area contributed by atoms with Gasteiger partial charge in [-0.25, -0.2) is 0 Å². The van der Waals surface area contributed by atoms with E-state index in [1.165, 1.54) is 27.0 Å². The molecule has 0 saturated carbocycles. The van der Waals surface area contributed by atoms with Gasteiger partial charge in [-0.3, -0.25) is 0 Å². The molecule has 0 saturated heterocycles. The van der Waals surface area contributed by atoms with Crippen LogP contribution in [-0.2, 0) is 6.16 Å². The Balaban J connectivity index is 2.01. The van der Waals surface area contributed by atoms with Crippen molar-refractivity contribution in [1.82, 2.24) is 0 Å². The number of rotatable bonds is 6. The number of benzene rings is 4. The third-order valence-corrected chi connectivity index (χ3v) is 9.97. The first kappa shape index (κ1) is 19.4. The van der Waals surface area contributed by atoms with Gasteiger partial charge in [-0.2, -0.15) is 0 Å². The van der Waals surface area contributed by atoms with Crippen molar-refractivity contribution in [1.29, 1.82) is 0 Å². The topological polar surface area (TPSA) is 9.23 Å². The molecule has 0 unspecified atom stereocenters. The molecule has 4 rings (SSSR count). The molecule has 0 spiro atoms. The maximum Gasteiger partial charge on any atom is 0.122 e. The van der Waals surface area contributed by atoms with Gasteiger partial charge in [0.2, 0.25) is 0 Å². The van der Waals surface area contributed by atoms with Crippen LogP contribution in [0.5, 0.6) is 5.75 Å². The lowest BCUT2D eigenvalue weighted by molar-refractivity contribution is 0.411. The molecule has 0 aliphatic heterocycles. The van der Waals surface area contributed by atoms with E-state index in [9.17, 15) is 0 Å². The van der Waals surface area contributed by atoms with Crippen molar-refractivity contribution in [3.63, 3.8) is 0 Å². The molecule has 0 radical (unpaired) electrons. The van der Waals surface area contributed by atoms with Crippen LogP contribution in [0.3, 0.4) is 0 Å². The van der Waals surface area contributed by atoms with Crippen LogP contribution < -0.4 is 20.7 Å². The zero-order valence-corrected chi connectivity index (χ0v) is 17.8. The molecule has 0 heterocycles. The highest BCUT2D eigenvalue weighted by molar-refractivity contribution is 7.95. The van der Waals surface area contributed by atoms with Crippen molar-refractivity contribution in [3.8, 4) is 5.75 Å². The predicted octanol–water partition coefficient (Wildman–Crippen LogP) is 5.50. The van der Waals surface area contributed by atoms with Crippen LogP contribution in [0, 0.1) is 6.92 Å². The van der Waals surface area contributed by atoms with Crippen LogP contribution in [0.15, 0.2) is 109 Å². The van der Waals surface area contributed by atoms with Gasteiger partial charge in [0, 0.05) is 0 Å². The second kappa shape index (κ2) is 8.64. The molecule has 2 heteroatoms. The van der Waals surface area contributed by atoms with Crippen molar-refractivity contribution in [2.75, 3.05) is 7.11 Å². The molecular formula is C27H26OP+. The molecule has 144 valence electrons. The maximum atomic E-state index is 5.63. The standard InChI is InChI=1S/C27H26OP/c1-22-23(13-12-20-27(22)28-2)21-29(24-14-6-3-7-15-24,25-16-8-4-9-17-25)26-18-10-5-11-19-26/h3-20H,21H2,1-2H3/q+1. The Morgan fingerprint density at radius 2 is 1.03 bits per heavy atom. The molecule has 0 amide bonds. The van der Waals surface area contributed by atoms with Crippen molar-refractivity contribution in [2.24, 2.45) is 0 Å². The van der Waals surface area contributed by atoms with Crippen LogP contribution in [0.1, 0.15) is 11.1 Å². The first-order chi connectivity index (χ1) is 14.3. The minimum absolute atomic E-state index is 0.954. The van der Waals surface area contributed by atoms with Crippen LogP contribution >= 0.6 is 7.26 Å². The molecule has 29 heavy (non-hydrogen) atoms. The van der Waals surface area contributed by atoms with Crippen molar-refractivity contribution in [3.05, 3.63) is 120 Å². The van der Waals surface area contributed by atoms with Crippen molar-refractivity contribution in [2.45, 2.75) is 13.1 Å². The number of hydrogen-bond acceptors (Lipinski definition) is 1. The molecular weight excluding hydrogens is 371 g/mol. The van der Waals surface area contributed by atoms with Gasteiger partial charge in [-0.05, 0) is 60.5 Å². The molecule has 4 aromatic carbocycles. The van der Waals surface area contributed by atoms with Crippen molar-refractivity contribution < 1.29 is 4.74 Å². The average molecular weight is 397 g/mol. The van der Waals surface area contributed by atoms with Crippen molar-refractivity contribution >= 4 is 23.2 Å². The van der Waals surface area contributed by atoms with E-state index in [2.05, 4.69) is 110 Å². The summed E-state index contributed by atoms with van der Waals surface area (Å²) in [6.45, 7) is 2.17. The summed E-state index contributed by atoms with van der Waals surface area (Å²) in [6.07, 6.45) is 0.966. The summed E-state index contributed by atoms with van der Waals surface area (Å²) in [6, 6.07) is 39.5. The van der Waals surface area contributed by atoms with Gasteiger partial charge in [0.1, 0.15) is 28.9 Å². The molecule has 1 nitrogen and oxygen atoms in total. The summed E-state index contributed by atoms with van der Waals surface area (Å²) in [5, 5.41) is 4.21. The van der Waals surface area contributed by atoms with Crippen LogP contribution in [0.2, 0.25) is 0 Å². The molecule has 0 bridgehead atoms. The molecule has 0 fully saturated rings. The Morgan fingerprint density at radius 3 is 1.45 bits per heavy atom. The fourth-order valence-corrected chi connectivity index (χ4v) is 8.42. The molecule has 0 aromatic heterocycles. The minimum atomic E-state index is -1.89. The lowest BCUT2D eigenvalue weighted by Crippen LogP contribution is -2.32. The normalized spacial score (nSPS) is 11.2. The van der Waals surface area contributed by atoms with Gasteiger partial charge >= 0.3 is 0 Å². The van der Waals surface area contributed by atoms with E-state index in [1.807, 2.05) is 6.07 Å². The fourth-order valence-electron chi connectivity index (χ4n) is 4.08. The van der Waals surface area contributed by atoms with Gasteiger partial charge in [0.25, 0.3) is 0 Å². The first-order valence-electron chi connectivity index (χ1n) is 9.93. The van der Waals surface area contributed by atoms with E-state index in [-0.39, 0.29) is 0 Å². The molecule has 0 atom stereocenters. The summed E-state index contributed by atoms with van der Waals surface area (Å²) in [5.41, 5.74) is 2.57. The maximum absolute atomic E-state index is 5.63. The lowest BCUT2D eigenvalue weighted by Gasteiger charge is -2.28. The van der Waals surface area contributed by atoms with Crippen LogP contribution in [-0.4, -0.2) is 7.11 Å². The number of ether oxygens (including phenoxy) is 1. The van der Waals surface area contributed by atoms with Gasteiger partial charge in [-0.1, -0.05) is 66.7 Å². The monoisotopic (exact) mass is 397 g/mol. The summed E-state index contributed by atoms with van der Waals surface area (Å²) in [7, 11) is -0.138. The summed E-state index contributed by atoms with van der Waals surface area (Å²) in [4.78, 5) is 0. The summed E-state index contributed by atoms with van der Waals surface area (Å²) >= 11 is 0. The van der Waals surface area contributed by atoms with E-state index < -0.39 is 7.26 Å². The molecule has 0 N–H and O–H groups in total. The van der Waals surface area contributed by atoms with Gasteiger partial charge in [0.05, 0.1) is 13.3 Å². The largest absolute Gasteiger partial charge is 0.496 e. The van der Waals surface area contributed by atoms with Gasteiger partial charge < -0.3 is 4.74 Å². The molecule has 4 aromatic rings. The summed E-state index contributed by atoms with van der Waals surface area (Å²) < 4.78 is 5.63. The molecule has 0 aliphatic rings. The predicted molar refractivity (Wildman–Crippen MR) is 127 cm³/mol. The Hall–Kier alpha value is -2.89. The third-order valence-electron chi connectivity index (χ3n) is 5.61. The van der Waals surface area contributed by atoms with Crippen LogP contribution in [0.25, 0.3) is 0 Å². The SMILES string of the molecule is COc1cccc(C[P+](c2ccccc2)(c2ccccc2)c2ccccc2)c1C. The highest BCUT2D eigenvalue weighted by Gasteiger charge is 2.45. The fraction of sp³-hybridized carbons (Fsp3) is 0.111. The zero-order chi connectivity index (χ0) is 20.1. The first-order valence-corrected chi connectivity index (χ1v) is 11.9. The average Bonchev–Trinajstić information content (AvgIpc) is 2.80. The summed E-state index contributed by atoms with van der Waals surface area (Å²) in [5.74, 6) is 0.954. The Labute approximate surface area is 174 Å². The Bertz CT molecular complexity index is 963. The van der Waals surface area contributed by atoms with E-state index in [4.69, 9.17) is 4.74 Å². The second-order valence-electron chi connectivity index (χ2n) is 7.22. The Morgan fingerprint density at radius 1 is 0.586 bits per heavy atom. The minimum Gasteiger partial charge on any atom is -0.496 e. The second-order valence-corrected chi connectivity index (χ2v) is 10.7. The highest BCUT2D eigenvalue weighted by Crippen LogP contribution is 2.58. The van der Waals surface area contributed by atoms with Gasteiger partial charge in [-0.15, -0.1) is 0 Å². The number of hydrogen-bond donors (Lipinski definition) is 0. The lowest BCUT2D eigenvalue weighted by atomic mass is 10.1. The van der Waals surface area contributed by atoms with E-state index in [0.29, 0.717) is 0 Å². The number of methoxy groups -OCH3 is 1. The van der Waals surface area contributed by atoms with Crippen LogP contribution in [0.4, 0.5) is 0 Å². The zero-order valence-electron chi connectivity index (χ0n) is 17.0. The third kappa shape index (κ3) is 3.71. The quantitative estimate of drug-likeness (QED) is 0.391. The highest BCUT2D eigenvalue weighted by atomic mass is 31.2. The van der Waals surface area contributed by atoms with E-state index >= 15 is 0 Å². The van der Waals surface area contributed by atoms with E-state index in [0.717, 1.165) is 11.9 Å².